The monoisotopic (exact) mass is 248 g/mol. The van der Waals surface area contributed by atoms with E-state index in [0.717, 1.165) is 11.1 Å². The van der Waals surface area contributed by atoms with E-state index in [9.17, 15) is 8.78 Å². The molecular weight excluding hydrogens is 234 g/mol. The van der Waals surface area contributed by atoms with Gasteiger partial charge in [-0.2, -0.15) is 0 Å². The molecule has 1 aromatic heterocycles. The molecule has 18 heavy (non-hydrogen) atoms. The van der Waals surface area contributed by atoms with Crippen molar-refractivity contribution in [1.29, 1.82) is 0 Å². The van der Waals surface area contributed by atoms with Crippen molar-refractivity contribution < 1.29 is 8.78 Å². The Morgan fingerprint density at radius 2 is 2.00 bits per heavy atom. The van der Waals surface area contributed by atoms with E-state index in [1.165, 1.54) is 24.4 Å². The first-order valence-electron chi connectivity index (χ1n) is 5.73. The van der Waals surface area contributed by atoms with Gasteiger partial charge < -0.3 is 5.32 Å². The molecule has 94 valence electrons. The number of rotatable bonds is 4. The third-order valence-electron chi connectivity index (χ3n) is 2.72. The Morgan fingerprint density at radius 3 is 2.72 bits per heavy atom. The predicted octanol–water partition coefficient (Wildman–Crippen LogP) is 3.21. The van der Waals surface area contributed by atoms with E-state index < -0.39 is 0 Å². The number of aromatic nitrogens is 1. The van der Waals surface area contributed by atoms with E-state index in [1.807, 2.05) is 13.0 Å². The standard InChI is InChI=1S/C14H14F2N2/c1-10(12-3-2-4-13(15)6-12)18-8-11-5-14(16)9-17-7-11/h2-7,9-10,18H,8H2,1H3/t10-/m1/s1. The van der Waals surface area contributed by atoms with E-state index in [0.29, 0.717) is 6.54 Å². The van der Waals surface area contributed by atoms with Crippen LogP contribution in [0.15, 0.2) is 42.7 Å². The highest BCUT2D eigenvalue weighted by molar-refractivity contribution is 5.20. The summed E-state index contributed by atoms with van der Waals surface area (Å²) in [4.78, 5) is 3.77. The lowest BCUT2D eigenvalue weighted by Crippen LogP contribution is -2.18. The van der Waals surface area contributed by atoms with Gasteiger partial charge in [0.25, 0.3) is 0 Å². The lowest BCUT2D eigenvalue weighted by molar-refractivity contribution is 0.559. The molecule has 0 bridgehead atoms. The van der Waals surface area contributed by atoms with Gasteiger partial charge in [-0.1, -0.05) is 12.1 Å². The van der Waals surface area contributed by atoms with Gasteiger partial charge in [0.15, 0.2) is 0 Å². The second-order valence-electron chi connectivity index (χ2n) is 4.17. The molecule has 0 radical (unpaired) electrons. The van der Waals surface area contributed by atoms with Crippen molar-refractivity contribution in [3.8, 4) is 0 Å². The van der Waals surface area contributed by atoms with Crippen LogP contribution in [-0.2, 0) is 6.54 Å². The quantitative estimate of drug-likeness (QED) is 0.898. The number of nitrogens with zero attached hydrogens (tertiary/aromatic N) is 1. The maximum Gasteiger partial charge on any atom is 0.141 e. The average Bonchev–Trinajstić information content (AvgIpc) is 2.36. The van der Waals surface area contributed by atoms with Gasteiger partial charge in [-0.15, -0.1) is 0 Å². The van der Waals surface area contributed by atoms with Gasteiger partial charge in [0.2, 0.25) is 0 Å². The van der Waals surface area contributed by atoms with E-state index in [-0.39, 0.29) is 17.7 Å². The van der Waals surface area contributed by atoms with Gasteiger partial charge in [-0.05, 0) is 36.2 Å². The van der Waals surface area contributed by atoms with Crippen molar-refractivity contribution in [2.24, 2.45) is 0 Å². The lowest BCUT2D eigenvalue weighted by Gasteiger charge is -2.14. The highest BCUT2D eigenvalue weighted by atomic mass is 19.1. The zero-order chi connectivity index (χ0) is 13.0. The molecule has 2 nitrogen and oxygen atoms in total. The van der Waals surface area contributed by atoms with E-state index >= 15 is 0 Å². The summed E-state index contributed by atoms with van der Waals surface area (Å²) in [6.07, 6.45) is 2.77. The molecule has 1 N–H and O–H groups in total. The summed E-state index contributed by atoms with van der Waals surface area (Å²) in [7, 11) is 0. The molecular formula is C14H14F2N2. The van der Waals surface area contributed by atoms with Crippen LogP contribution in [0.1, 0.15) is 24.1 Å². The molecule has 0 unspecified atom stereocenters. The van der Waals surface area contributed by atoms with Crippen molar-refractivity contribution >= 4 is 0 Å². The van der Waals surface area contributed by atoms with Crippen molar-refractivity contribution in [2.45, 2.75) is 19.5 Å². The van der Waals surface area contributed by atoms with Crippen LogP contribution in [-0.4, -0.2) is 4.98 Å². The fraction of sp³-hybridized carbons (Fsp3) is 0.214. The zero-order valence-electron chi connectivity index (χ0n) is 10.0. The molecule has 2 aromatic rings. The van der Waals surface area contributed by atoms with Crippen molar-refractivity contribution in [3.05, 3.63) is 65.5 Å². The van der Waals surface area contributed by atoms with Crippen LogP contribution < -0.4 is 5.32 Å². The van der Waals surface area contributed by atoms with Gasteiger partial charge >= 0.3 is 0 Å². The third-order valence-corrected chi connectivity index (χ3v) is 2.72. The Bertz CT molecular complexity index is 529. The normalized spacial score (nSPS) is 12.4. The largest absolute Gasteiger partial charge is 0.306 e. The average molecular weight is 248 g/mol. The molecule has 0 spiro atoms. The van der Waals surface area contributed by atoms with Crippen LogP contribution in [0.3, 0.4) is 0 Å². The summed E-state index contributed by atoms with van der Waals surface area (Å²) in [6.45, 7) is 2.42. The molecule has 1 aromatic carbocycles. The number of halogens is 2. The van der Waals surface area contributed by atoms with Gasteiger partial charge in [-0.25, -0.2) is 8.78 Å². The second-order valence-corrected chi connectivity index (χ2v) is 4.17. The molecule has 1 heterocycles. The maximum absolute atomic E-state index is 13.1. The Hall–Kier alpha value is -1.81. The minimum Gasteiger partial charge on any atom is -0.306 e. The van der Waals surface area contributed by atoms with E-state index in [4.69, 9.17) is 0 Å². The fourth-order valence-electron chi connectivity index (χ4n) is 1.72. The third kappa shape index (κ3) is 3.34. The Balaban J connectivity index is 1.98. The Labute approximate surface area is 105 Å². The topological polar surface area (TPSA) is 24.9 Å². The van der Waals surface area contributed by atoms with Crippen LogP contribution in [0, 0.1) is 11.6 Å². The van der Waals surface area contributed by atoms with E-state index in [2.05, 4.69) is 10.3 Å². The van der Waals surface area contributed by atoms with E-state index in [1.54, 1.807) is 12.3 Å². The summed E-state index contributed by atoms with van der Waals surface area (Å²) < 4.78 is 26.0. The molecule has 0 saturated heterocycles. The molecule has 0 fully saturated rings. The first kappa shape index (κ1) is 12.6. The van der Waals surface area contributed by atoms with Crippen molar-refractivity contribution in [3.63, 3.8) is 0 Å². The zero-order valence-corrected chi connectivity index (χ0v) is 10.0. The number of pyridine rings is 1. The van der Waals surface area contributed by atoms with Gasteiger partial charge in [-0.3, -0.25) is 4.98 Å². The van der Waals surface area contributed by atoms with Crippen molar-refractivity contribution in [1.82, 2.24) is 10.3 Å². The second kappa shape index (κ2) is 5.69. The van der Waals surface area contributed by atoms with Gasteiger partial charge in [0.05, 0.1) is 6.20 Å². The van der Waals surface area contributed by atoms with Gasteiger partial charge in [0, 0.05) is 18.8 Å². The number of benzene rings is 1. The maximum atomic E-state index is 13.1. The Morgan fingerprint density at radius 1 is 1.17 bits per heavy atom. The van der Waals surface area contributed by atoms with Gasteiger partial charge in [0.1, 0.15) is 11.6 Å². The number of hydrogen-bond donors (Lipinski definition) is 1. The molecule has 2 rings (SSSR count). The fourth-order valence-corrected chi connectivity index (χ4v) is 1.72. The Kier molecular flexibility index (Phi) is 3.99. The first-order valence-corrected chi connectivity index (χ1v) is 5.73. The van der Waals surface area contributed by atoms with Crippen LogP contribution in [0.25, 0.3) is 0 Å². The van der Waals surface area contributed by atoms with Crippen LogP contribution >= 0.6 is 0 Å². The summed E-state index contributed by atoms with van der Waals surface area (Å²) in [5, 5.41) is 3.20. The predicted molar refractivity (Wildman–Crippen MR) is 65.8 cm³/mol. The minimum absolute atomic E-state index is 0.0102. The molecule has 0 aliphatic heterocycles. The molecule has 0 amide bonds. The number of hydrogen-bond acceptors (Lipinski definition) is 2. The molecule has 4 heteroatoms. The molecule has 0 aliphatic carbocycles. The lowest BCUT2D eigenvalue weighted by atomic mass is 10.1. The molecule has 0 aliphatic rings. The molecule has 0 saturated carbocycles. The molecule has 1 atom stereocenters. The highest BCUT2D eigenvalue weighted by Crippen LogP contribution is 2.14. The summed E-state index contributed by atoms with van der Waals surface area (Å²) in [5.41, 5.74) is 1.62. The minimum atomic E-state index is -0.354. The number of nitrogens with one attached hydrogen (secondary N) is 1. The summed E-state index contributed by atoms with van der Waals surface area (Å²) >= 11 is 0. The van der Waals surface area contributed by atoms with Crippen LogP contribution in [0.5, 0.6) is 0 Å². The van der Waals surface area contributed by atoms with Crippen LogP contribution in [0.2, 0.25) is 0 Å². The van der Waals surface area contributed by atoms with Crippen molar-refractivity contribution in [2.75, 3.05) is 0 Å². The SMILES string of the molecule is C[C@@H](NCc1cncc(F)c1)c1cccc(F)c1. The van der Waals surface area contributed by atoms with Crippen LogP contribution in [0.4, 0.5) is 8.78 Å². The highest BCUT2D eigenvalue weighted by Gasteiger charge is 2.06. The summed E-state index contributed by atoms with van der Waals surface area (Å²) in [5.74, 6) is -0.610. The summed E-state index contributed by atoms with van der Waals surface area (Å²) in [6, 6.07) is 7.84. The smallest absolute Gasteiger partial charge is 0.141 e. The first-order chi connectivity index (χ1) is 8.65.